The number of thioether (sulfide) groups is 1. The Hall–Kier alpha value is -1.00. The second-order valence-corrected chi connectivity index (χ2v) is 7.81. The van der Waals surface area contributed by atoms with Crippen LogP contribution in [0.25, 0.3) is 0 Å². The smallest absolute Gasteiger partial charge is 0.239 e. The van der Waals surface area contributed by atoms with Crippen molar-refractivity contribution in [2.75, 3.05) is 5.88 Å². The fourth-order valence-corrected chi connectivity index (χ4v) is 4.19. The molecule has 0 saturated carbocycles. The Bertz CT molecular complexity index is 515. The van der Waals surface area contributed by atoms with Crippen LogP contribution < -0.4 is 10.6 Å². The van der Waals surface area contributed by atoms with E-state index in [4.69, 9.17) is 0 Å². The first-order chi connectivity index (χ1) is 9.58. The van der Waals surface area contributed by atoms with E-state index in [0.717, 1.165) is 25.1 Å². The minimum absolute atomic E-state index is 0.0295. The van der Waals surface area contributed by atoms with Gasteiger partial charge in [0.15, 0.2) is 0 Å². The summed E-state index contributed by atoms with van der Waals surface area (Å²) < 4.78 is -0.0295. The molecule has 2 N–H and O–H groups in total. The SMILES string of the molecule is CC1(C)SCNC1C(=O)NC1CCCc2ccccc21. The number of hydrogen-bond donors (Lipinski definition) is 2. The molecule has 0 radical (unpaired) electrons. The molecular formula is C16H22N2OS. The maximum absolute atomic E-state index is 12.6. The molecule has 20 heavy (non-hydrogen) atoms. The summed E-state index contributed by atoms with van der Waals surface area (Å²) in [5, 5.41) is 6.57. The van der Waals surface area contributed by atoms with Crippen LogP contribution in [0.1, 0.15) is 43.9 Å². The molecule has 0 spiro atoms. The molecule has 2 unspecified atom stereocenters. The van der Waals surface area contributed by atoms with Crippen LogP contribution in [0, 0.1) is 0 Å². The van der Waals surface area contributed by atoms with Gasteiger partial charge >= 0.3 is 0 Å². The lowest BCUT2D eigenvalue weighted by molar-refractivity contribution is -0.124. The van der Waals surface area contributed by atoms with Gasteiger partial charge in [0, 0.05) is 10.6 Å². The Morgan fingerprint density at radius 2 is 2.20 bits per heavy atom. The van der Waals surface area contributed by atoms with Crippen molar-refractivity contribution >= 4 is 17.7 Å². The van der Waals surface area contributed by atoms with E-state index >= 15 is 0 Å². The fraction of sp³-hybridized carbons (Fsp3) is 0.562. The Morgan fingerprint density at radius 1 is 1.40 bits per heavy atom. The number of carbonyl (C=O) groups is 1. The molecule has 2 atom stereocenters. The third kappa shape index (κ3) is 2.59. The van der Waals surface area contributed by atoms with Crippen molar-refractivity contribution in [3.8, 4) is 0 Å². The summed E-state index contributed by atoms with van der Waals surface area (Å²) in [6.45, 7) is 4.27. The van der Waals surface area contributed by atoms with Crippen molar-refractivity contribution in [1.29, 1.82) is 0 Å². The quantitative estimate of drug-likeness (QED) is 0.880. The molecule has 1 heterocycles. The van der Waals surface area contributed by atoms with E-state index in [0.29, 0.717) is 0 Å². The largest absolute Gasteiger partial charge is 0.348 e. The number of amides is 1. The van der Waals surface area contributed by atoms with Gasteiger partial charge in [0.1, 0.15) is 6.04 Å². The van der Waals surface area contributed by atoms with Crippen LogP contribution in [0.15, 0.2) is 24.3 Å². The summed E-state index contributed by atoms with van der Waals surface area (Å²) >= 11 is 1.81. The predicted molar refractivity (Wildman–Crippen MR) is 83.7 cm³/mol. The van der Waals surface area contributed by atoms with E-state index in [1.54, 1.807) is 0 Å². The molecule has 1 saturated heterocycles. The highest BCUT2D eigenvalue weighted by atomic mass is 32.2. The van der Waals surface area contributed by atoms with Crippen LogP contribution in [0.4, 0.5) is 0 Å². The molecular weight excluding hydrogens is 268 g/mol. The van der Waals surface area contributed by atoms with Crippen LogP contribution in [0.3, 0.4) is 0 Å². The van der Waals surface area contributed by atoms with Gasteiger partial charge in [-0.1, -0.05) is 24.3 Å². The third-order valence-corrected chi connectivity index (χ3v) is 5.67. The molecule has 1 aliphatic heterocycles. The lowest BCUT2D eigenvalue weighted by Gasteiger charge is -2.30. The highest BCUT2D eigenvalue weighted by molar-refractivity contribution is 8.00. The fourth-order valence-electron chi connectivity index (χ4n) is 3.21. The van der Waals surface area contributed by atoms with Crippen LogP contribution in [-0.2, 0) is 11.2 Å². The molecule has 3 nitrogen and oxygen atoms in total. The summed E-state index contributed by atoms with van der Waals surface area (Å²) in [7, 11) is 0. The normalized spacial score (nSPS) is 27.9. The van der Waals surface area contributed by atoms with Gasteiger partial charge in [-0.2, -0.15) is 0 Å². The Labute approximate surface area is 124 Å². The van der Waals surface area contributed by atoms with Gasteiger partial charge in [-0.05, 0) is 44.2 Å². The zero-order chi connectivity index (χ0) is 14.2. The average Bonchev–Trinajstić information content (AvgIpc) is 2.79. The lowest BCUT2D eigenvalue weighted by atomic mass is 9.87. The minimum Gasteiger partial charge on any atom is -0.348 e. The van der Waals surface area contributed by atoms with Crippen LogP contribution >= 0.6 is 11.8 Å². The first kappa shape index (κ1) is 14.0. The van der Waals surface area contributed by atoms with E-state index in [2.05, 4.69) is 48.7 Å². The average molecular weight is 290 g/mol. The second kappa shape index (κ2) is 5.41. The molecule has 4 heteroatoms. The summed E-state index contributed by atoms with van der Waals surface area (Å²) in [5.41, 5.74) is 2.69. The molecule has 0 aromatic heterocycles. The summed E-state index contributed by atoms with van der Waals surface area (Å²) in [5.74, 6) is 0.994. The first-order valence-corrected chi connectivity index (χ1v) is 8.32. The van der Waals surface area contributed by atoms with Gasteiger partial charge in [0.25, 0.3) is 0 Å². The maximum Gasteiger partial charge on any atom is 0.239 e. The van der Waals surface area contributed by atoms with Crippen molar-refractivity contribution in [3.05, 3.63) is 35.4 Å². The minimum atomic E-state index is -0.0958. The standard InChI is InChI=1S/C16H22N2OS/c1-16(2)14(17-10-20-16)15(19)18-13-9-5-7-11-6-3-4-8-12(11)13/h3-4,6,8,13-14,17H,5,7,9-10H2,1-2H3,(H,18,19). The molecule has 0 bridgehead atoms. The maximum atomic E-state index is 12.6. The van der Waals surface area contributed by atoms with E-state index in [-0.39, 0.29) is 22.7 Å². The van der Waals surface area contributed by atoms with Gasteiger partial charge in [-0.15, -0.1) is 11.8 Å². The van der Waals surface area contributed by atoms with Crippen molar-refractivity contribution in [2.45, 2.75) is 49.9 Å². The molecule has 1 aliphatic carbocycles. The molecule has 108 valence electrons. The number of rotatable bonds is 2. The molecule has 1 fully saturated rings. The third-order valence-electron chi connectivity index (χ3n) is 4.37. The number of fused-ring (bicyclic) bond motifs is 1. The van der Waals surface area contributed by atoms with E-state index in [1.807, 2.05) is 11.8 Å². The van der Waals surface area contributed by atoms with Gasteiger partial charge < -0.3 is 5.32 Å². The number of hydrogen-bond acceptors (Lipinski definition) is 3. The predicted octanol–water partition coefficient (Wildman–Crippen LogP) is 2.62. The van der Waals surface area contributed by atoms with Crippen molar-refractivity contribution < 1.29 is 4.79 Å². The van der Waals surface area contributed by atoms with E-state index < -0.39 is 0 Å². The molecule has 3 rings (SSSR count). The zero-order valence-corrected chi connectivity index (χ0v) is 12.9. The van der Waals surface area contributed by atoms with Crippen molar-refractivity contribution in [3.63, 3.8) is 0 Å². The van der Waals surface area contributed by atoms with Gasteiger partial charge in [0.2, 0.25) is 5.91 Å². The Morgan fingerprint density at radius 3 is 2.95 bits per heavy atom. The second-order valence-electron chi connectivity index (χ2n) is 6.18. The van der Waals surface area contributed by atoms with Crippen molar-refractivity contribution in [1.82, 2.24) is 10.6 Å². The molecule has 2 aliphatic rings. The molecule has 1 aromatic carbocycles. The zero-order valence-electron chi connectivity index (χ0n) is 12.1. The topological polar surface area (TPSA) is 41.1 Å². The Kier molecular flexibility index (Phi) is 3.78. The highest BCUT2D eigenvalue weighted by Gasteiger charge is 2.40. The summed E-state index contributed by atoms with van der Waals surface area (Å²) in [6, 6.07) is 8.57. The highest BCUT2D eigenvalue weighted by Crippen LogP contribution is 2.34. The molecule has 1 aromatic rings. The summed E-state index contributed by atoms with van der Waals surface area (Å²) in [6.07, 6.45) is 3.33. The number of aryl methyl sites for hydroxylation is 1. The number of carbonyl (C=O) groups excluding carboxylic acids is 1. The Balaban J connectivity index is 1.74. The molecule has 1 amide bonds. The number of benzene rings is 1. The van der Waals surface area contributed by atoms with Crippen LogP contribution in [-0.4, -0.2) is 22.6 Å². The van der Waals surface area contributed by atoms with Gasteiger partial charge in [0.05, 0.1) is 6.04 Å². The summed E-state index contributed by atoms with van der Waals surface area (Å²) in [4.78, 5) is 12.6. The van der Waals surface area contributed by atoms with Crippen LogP contribution in [0.5, 0.6) is 0 Å². The van der Waals surface area contributed by atoms with Crippen molar-refractivity contribution in [2.24, 2.45) is 0 Å². The van der Waals surface area contributed by atoms with Gasteiger partial charge in [-0.25, -0.2) is 0 Å². The van der Waals surface area contributed by atoms with E-state index in [9.17, 15) is 4.79 Å². The monoisotopic (exact) mass is 290 g/mol. The van der Waals surface area contributed by atoms with Crippen LogP contribution in [0.2, 0.25) is 0 Å². The van der Waals surface area contributed by atoms with Gasteiger partial charge in [-0.3, -0.25) is 10.1 Å². The van der Waals surface area contributed by atoms with E-state index in [1.165, 1.54) is 11.1 Å². The lowest BCUT2D eigenvalue weighted by Crippen LogP contribution is -2.50. The first-order valence-electron chi connectivity index (χ1n) is 7.33. The number of nitrogens with one attached hydrogen (secondary N) is 2.